The van der Waals surface area contributed by atoms with Crippen molar-refractivity contribution in [2.24, 2.45) is 0 Å². The number of rotatable bonds is 9. The summed E-state index contributed by atoms with van der Waals surface area (Å²) in [6, 6.07) is 7.47. The van der Waals surface area contributed by atoms with Crippen LogP contribution in [0.15, 0.2) is 23.4 Å². The van der Waals surface area contributed by atoms with Gasteiger partial charge in [-0.15, -0.1) is 11.8 Å². The summed E-state index contributed by atoms with van der Waals surface area (Å²) in [5, 5.41) is 22.3. The molecule has 0 aromatic carbocycles. The molecule has 1 amide bonds. The standard InChI is InChI=1S/C19H20N6O3S/c1-12(26)23-5-8-29-19-15(10-21)17(14(9-20)18(22)25-19)16-4-3-13(11-24-16)28-7-6-27-2/h3-4,11H,5-8H2,1-2H3,(H2,22,25)(H,23,26). The number of aromatic nitrogens is 2. The molecule has 0 aliphatic rings. The summed E-state index contributed by atoms with van der Waals surface area (Å²) in [7, 11) is 1.58. The van der Waals surface area contributed by atoms with Crippen LogP contribution in [0.25, 0.3) is 11.3 Å². The molecule has 29 heavy (non-hydrogen) atoms. The molecule has 0 unspecified atom stereocenters. The molecule has 0 aliphatic heterocycles. The molecule has 3 N–H and O–H groups in total. The Morgan fingerprint density at radius 3 is 2.62 bits per heavy atom. The van der Waals surface area contributed by atoms with E-state index in [1.165, 1.54) is 24.9 Å². The highest BCUT2D eigenvalue weighted by Gasteiger charge is 2.21. The molecule has 0 saturated heterocycles. The van der Waals surface area contributed by atoms with Crippen LogP contribution in [-0.2, 0) is 9.53 Å². The normalized spacial score (nSPS) is 10.1. The van der Waals surface area contributed by atoms with Crippen LogP contribution in [0.1, 0.15) is 18.1 Å². The number of anilines is 1. The van der Waals surface area contributed by atoms with Crippen molar-refractivity contribution in [1.82, 2.24) is 15.3 Å². The number of nitrogens with two attached hydrogens (primary N) is 1. The van der Waals surface area contributed by atoms with E-state index in [4.69, 9.17) is 15.2 Å². The number of methoxy groups -OCH3 is 1. The van der Waals surface area contributed by atoms with Gasteiger partial charge >= 0.3 is 0 Å². The van der Waals surface area contributed by atoms with Gasteiger partial charge in [-0.2, -0.15) is 10.5 Å². The van der Waals surface area contributed by atoms with Gasteiger partial charge in [0.1, 0.15) is 40.9 Å². The fraction of sp³-hybridized carbons (Fsp3) is 0.316. The number of amides is 1. The number of ether oxygens (including phenoxy) is 2. The highest BCUT2D eigenvalue weighted by atomic mass is 32.2. The molecular weight excluding hydrogens is 392 g/mol. The number of nitriles is 2. The van der Waals surface area contributed by atoms with Crippen LogP contribution < -0.4 is 15.8 Å². The molecule has 0 atom stereocenters. The van der Waals surface area contributed by atoms with Gasteiger partial charge in [0.2, 0.25) is 5.91 Å². The summed E-state index contributed by atoms with van der Waals surface area (Å²) in [4.78, 5) is 19.5. The van der Waals surface area contributed by atoms with Crippen molar-refractivity contribution in [3.05, 3.63) is 29.5 Å². The van der Waals surface area contributed by atoms with Crippen LogP contribution in [-0.4, -0.2) is 48.5 Å². The van der Waals surface area contributed by atoms with E-state index in [0.717, 1.165) is 0 Å². The molecular formula is C19H20N6O3S. The van der Waals surface area contributed by atoms with E-state index in [1.807, 2.05) is 6.07 Å². The van der Waals surface area contributed by atoms with E-state index < -0.39 is 0 Å². The van der Waals surface area contributed by atoms with E-state index in [-0.39, 0.29) is 22.9 Å². The maximum atomic E-state index is 11.0. The number of hydrogen-bond acceptors (Lipinski definition) is 9. The zero-order chi connectivity index (χ0) is 21.2. The molecule has 0 fully saturated rings. The first-order valence-electron chi connectivity index (χ1n) is 8.60. The summed E-state index contributed by atoms with van der Waals surface area (Å²) >= 11 is 1.27. The highest BCUT2D eigenvalue weighted by Crippen LogP contribution is 2.35. The molecule has 2 aromatic rings. The Bertz CT molecular complexity index is 950. The highest BCUT2D eigenvalue weighted by molar-refractivity contribution is 7.99. The Kier molecular flexibility index (Phi) is 8.22. The van der Waals surface area contributed by atoms with Crippen LogP contribution in [0.4, 0.5) is 5.82 Å². The molecule has 0 bridgehead atoms. The molecule has 0 spiro atoms. The third kappa shape index (κ3) is 5.82. The second kappa shape index (κ2) is 10.9. The van der Waals surface area contributed by atoms with E-state index in [2.05, 4.69) is 21.4 Å². The summed E-state index contributed by atoms with van der Waals surface area (Å²) < 4.78 is 10.4. The van der Waals surface area contributed by atoms with Crippen molar-refractivity contribution in [3.63, 3.8) is 0 Å². The average molecular weight is 412 g/mol. The number of thioether (sulfide) groups is 1. The van der Waals surface area contributed by atoms with Crippen LogP contribution in [0.3, 0.4) is 0 Å². The Morgan fingerprint density at radius 2 is 2.03 bits per heavy atom. The Morgan fingerprint density at radius 1 is 1.28 bits per heavy atom. The van der Waals surface area contributed by atoms with Crippen molar-refractivity contribution in [2.45, 2.75) is 11.9 Å². The zero-order valence-corrected chi connectivity index (χ0v) is 16.9. The molecule has 10 heteroatoms. The lowest BCUT2D eigenvalue weighted by Gasteiger charge is -2.13. The fourth-order valence-electron chi connectivity index (χ4n) is 2.39. The maximum Gasteiger partial charge on any atom is 0.216 e. The monoisotopic (exact) mass is 412 g/mol. The van der Waals surface area contributed by atoms with Crippen LogP contribution in [0.5, 0.6) is 5.75 Å². The lowest BCUT2D eigenvalue weighted by molar-refractivity contribution is -0.118. The Labute approximate surface area is 172 Å². The Balaban J connectivity index is 2.37. The van der Waals surface area contributed by atoms with Gasteiger partial charge in [0.05, 0.1) is 24.1 Å². The molecule has 0 radical (unpaired) electrons. The SMILES string of the molecule is COCCOc1ccc(-c2c(C#N)c(N)nc(SCCNC(C)=O)c2C#N)nc1. The van der Waals surface area contributed by atoms with E-state index in [0.29, 0.717) is 47.5 Å². The van der Waals surface area contributed by atoms with Gasteiger partial charge in [0.15, 0.2) is 0 Å². The predicted molar refractivity (Wildman–Crippen MR) is 108 cm³/mol. The van der Waals surface area contributed by atoms with Crippen molar-refractivity contribution in [3.8, 4) is 29.1 Å². The van der Waals surface area contributed by atoms with E-state index in [1.54, 1.807) is 19.2 Å². The van der Waals surface area contributed by atoms with Gasteiger partial charge in [-0.3, -0.25) is 9.78 Å². The van der Waals surface area contributed by atoms with Gasteiger partial charge in [-0.25, -0.2) is 4.98 Å². The molecule has 150 valence electrons. The number of nitrogens with zero attached hydrogens (tertiary/aromatic N) is 4. The zero-order valence-electron chi connectivity index (χ0n) is 16.1. The van der Waals surface area contributed by atoms with Gasteiger partial charge in [-0.05, 0) is 12.1 Å². The van der Waals surface area contributed by atoms with E-state index in [9.17, 15) is 15.3 Å². The smallest absolute Gasteiger partial charge is 0.216 e. The van der Waals surface area contributed by atoms with Crippen molar-refractivity contribution >= 4 is 23.5 Å². The molecule has 0 aliphatic carbocycles. The molecule has 2 aromatic heterocycles. The summed E-state index contributed by atoms with van der Waals surface area (Å²) in [6.45, 7) is 2.66. The third-order valence-electron chi connectivity index (χ3n) is 3.68. The quantitative estimate of drug-likeness (QED) is 0.464. The number of carbonyl (C=O) groups excluding carboxylic acids is 1. The van der Waals surface area contributed by atoms with Crippen LogP contribution >= 0.6 is 11.8 Å². The molecule has 9 nitrogen and oxygen atoms in total. The first-order chi connectivity index (χ1) is 14.0. The number of pyridine rings is 2. The molecule has 0 saturated carbocycles. The minimum Gasteiger partial charge on any atom is -0.490 e. The number of carbonyl (C=O) groups is 1. The van der Waals surface area contributed by atoms with Crippen molar-refractivity contribution < 1.29 is 14.3 Å². The first-order valence-corrected chi connectivity index (χ1v) is 9.59. The first kappa shape index (κ1) is 22.0. The van der Waals surface area contributed by atoms with Gasteiger partial charge in [-0.1, -0.05) is 0 Å². The third-order valence-corrected chi connectivity index (χ3v) is 4.66. The molecule has 2 heterocycles. The van der Waals surface area contributed by atoms with Crippen LogP contribution in [0.2, 0.25) is 0 Å². The van der Waals surface area contributed by atoms with Crippen molar-refractivity contribution in [1.29, 1.82) is 10.5 Å². The summed E-state index contributed by atoms with van der Waals surface area (Å²) in [5.74, 6) is 0.905. The number of nitrogens with one attached hydrogen (secondary N) is 1. The number of hydrogen-bond donors (Lipinski definition) is 2. The van der Waals surface area contributed by atoms with Crippen LogP contribution in [0, 0.1) is 22.7 Å². The minimum absolute atomic E-state index is 0.0192. The lowest BCUT2D eigenvalue weighted by Crippen LogP contribution is -2.22. The Hall–Kier alpha value is -3.34. The second-order valence-electron chi connectivity index (χ2n) is 5.70. The minimum atomic E-state index is -0.142. The number of nitrogen functional groups attached to an aromatic ring is 1. The molecule has 2 rings (SSSR count). The van der Waals surface area contributed by atoms with Crippen molar-refractivity contribution in [2.75, 3.05) is 38.4 Å². The van der Waals surface area contributed by atoms with Gasteiger partial charge in [0, 0.05) is 31.9 Å². The van der Waals surface area contributed by atoms with Gasteiger partial charge < -0.3 is 20.5 Å². The predicted octanol–water partition coefficient (Wildman–Crippen LogP) is 1.72. The topological polar surface area (TPSA) is 147 Å². The van der Waals surface area contributed by atoms with E-state index >= 15 is 0 Å². The lowest BCUT2D eigenvalue weighted by atomic mass is 10.0. The average Bonchev–Trinajstić information content (AvgIpc) is 2.71. The van der Waals surface area contributed by atoms with Gasteiger partial charge in [0.25, 0.3) is 0 Å². The maximum absolute atomic E-state index is 11.0. The fourth-order valence-corrected chi connectivity index (χ4v) is 3.24. The second-order valence-corrected chi connectivity index (χ2v) is 6.79. The largest absolute Gasteiger partial charge is 0.490 e. The summed E-state index contributed by atoms with van der Waals surface area (Å²) in [5.41, 5.74) is 7.01. The summed E-state index contributed by atoms with van der Waals surface area (Å²) in [6.07, 6.45) is 1.51.